The summed E-state index contributed by atoms with van der Waals surface area (Å²) < 4.78 is 11.8. The molecule has 2 aromatic rings. The van der Waals surface area contributed by atoms with Crippen molar-refractivity contribution in [1.29, 1.82) is 0 Å². The normalized spacial score (nSPS) is 16.4. The molecule has 2 aromatic carbocycles. The van der Waals surface area contributed by atoms with E-state index in [1.807, 2.05) is 48.5 Å². The third kappa shape index (κ3) is 4.13. The number of hydrogen-bond acceptors (Lipinski definition) is 4. The molecule has 0 aromatic heterocycles. The summed E-state index contributed by atoms with van der Waals surface area (Å²) in [7, 11) is 0. The first-order valence-electron chi connectivity index (χ1n) is 8.75. The largest absolute Gasteiger partial charge is 0.494 e. The van der Waals surface area contributed by atoms with Crippen LogP contribution in [0.5, 0.6) is 11.5 Å². The van der Waals surface area contributed by atoms with E-state index in [0.29, 0.717) is 0 Å². The van der Waals surface area contributed by atoms with Crippen LogP contribution in [0.1, 0.15) is 26.2 Å². The smallest absolute Gasteiger partial charge is 0.143 e. The van der Waals surface area contributed by atoms with Gasteiger partial charge in [-0.1, -0.05) is 25.1 Å². The van der Waals surface area contributed by atoms with E-state index in [1.54, 1.807) is 0 Å². The van der Waals surface area contributed by atoms with Gasteiger partial charge in [0.1, 0.15) is 17.6 Å². The maximum Gasteiger partial charge on any atom is 0.143 e. The van der Waals surface area contributed by atoms with Gasteiger partial charge in [0.05, 0.1) is 18.8 Å². The van der Waals surface area contributed by atoms with Gasteiger partial charge in [-0.2, -0.15) is 0 Å². The molecule has 1 aliphatic rings. The first kappa shape index (κ1) is 16.5. The fourth-order valence-electron chi connectivity index (χ4n) is 2.98. The Hall–Kier alpha value is -2.36. The lowest BCUT2D eigenvalue weighted by Crippen LogP contribution is -2.40. The van der Waals surface area contributed by atoms with Crippen molar-refractivity contribution in [3.8, 4) is 11.5 Å². The fraction of sp³-hybridized carbons (Fsp3) is 0.400. The number of rotatable bonds is 7. The number of hydrogen-bond donors (Lipinski definition) is 1. The maximum absolute atomic E-state index is 6.03. The molecule has 0 saturated heterocycles. The van der Waals surface area contributed by atoms with Crippen molar-refractivity contribution in [1.82, 2.24) is 0 Å². The number of para-hydroxylation sites is 1. The van der Waals surface area contributed by atoms with Crippen molar-refractivity contribution in [3.05, 3.63) is 48.5 Å². The average Bonchev–Trinajstić information content (AvgIpc) is 2.62. The highest BCUT2D eigenvalue weighted by Crippen LogP contribution is 2.35. The monoisotopic (exact) mass is 326 g/mol. The van der Waals surface area contributed by atoms with Crippen molar-refractivity contribution in [2.75, 3.05) is 30.3 Å². The molecule has 24 heavy (non-hydrogen) atoms. The van der Waals surface area contributed by atoms with Crippen LogP contribution >= 0.6 is 0 Å². The van der Waals surface area contributed by atoms with Crippen LogP contribution in [0.2, 0.25) is 0 Å². The molecule has 0 amide bonds. The Bertz CT molecular complexity index is 645. The fourth-order valence-corrected chi connectivity index (χ4v) is 2.98. The number of benzene rings is 2. The van der Waals surface area contributed by atoms with Gasteiger partial charge >= 0.3 is 0 Å². The van der Waals surface area contributed by atoms with E-state index in [1.165, 1.54) is 0 Å². The van der Waals surface area contributed by atoms with Gasteiger partial charge < -0.3 is 20.1 Å². The highest BCUT2D eigenvalue weighted by atomic mass is 16.5. The summed E-state index contributed by atoms with van der Waals surface area (Å²) in [5.74, 6) is 1.89. The summed E-state index contributed by atoms with van der Waals surface area (Å²) in [6.07, 6.45) is 3.37. The molecule has 2 N–H and O–H groups in total. The average molecular weight is 326 g/mol. The molecule has 128 valence electrons. The summed E-state index contributed by atoms with van der Waals surface area (Å²) in [6.45, 7) is 4.83. The second kappa shape index (κ2) is 7.95. The molecule has 1 heterocycles. The Kier molecular flexibility index (Phi) is 5.47. The second-order valence-corrected chi connectivity index (χ2v) is 6.19. The van der Waals surface area contributed by atoms with Gasteiger partial charge in [-0.25, -0.2) is 0 Å². The molecule has 0 radical (unpaired) electrons. The molecule has 0 spiro atoms. The zero-order valence-electron chi connectivity index (χ0n) is 14.3. The van der Waals surface area contributed by atoms with Crippen molar-refractivity contribution in [3.63, 3.8) is 0 Å². The minimum absolute atomic E-state index is 0.252. The summed E-state index contributed by atoms with van der Waals surface area (Å²) in [5.41, 5.74) is 7.85. The molecule has 4 nitrogen and oxygen atoms in total. The van der Waals surface area contributed by atoms with Gasteiger partial charge in [0.15, 0.2) is 0 Å². The topological polar surface area (TPSA) is 47.7 Å². The highest BCUT2D eigenvalue weighted by Gasteiger charge is 2.24. The molecule has 1 aliphatic heterocycles. The van der Waals surface area contributed by atoms with E-state index < -0.39 is 0 Å². The number of nitrogens with zero attached hydrogens (tertiary/aromatic N) is 1. The SMILES string of the molecule is CCC1CN(CCCCOc2ccccc2)c2cc(N)ccc2O1. The Labute approximate surface area is 144 Å². The van der Waals surface area contributed by atoms with Crippen LogP contribution in [0.3, 0.4) is 0 Å². The molecule has 0 fully saturated rings. The lowest BCUT2D eigenvalue weighted by molar-refractivity contribution is 0.188. The zero-order chi connectivity index (χ0) is 16.8. The van der Waals surface area contributed by atoms with E-state index in [2.05, 4.69) is 11.8 Å². The standard InChI is InChI=1S/C20H26N2O2/c1-2-17-15-22(19-14-16(21)10-11-20(19)24-17)12-6-7-13-23-18-8-4-3-5-9-18/h3-5,8-11,14,17H,2,6-7,12-13,15,21H2,1H3. The van der Waals surface area contributed by atoms with Crippen LogP contribution in [-0.4, -0.2) is 25.8 Å². The number of unbranched alkanes of at least 4 members (excludes halogenated alkanes) is 1. The van der Waals surface area contributed by atoms with Crippen molar-refractivity contribution >= 4 is 11.4 Å². The maximum atomic E-state index is 6.03. The van der Waals surface area contributed by atoms with Gasteiger partial charge in [0, 0.05) is 12.2 Å². The van der Waals surface area contributed by atoms with Gasteiger partial charge in [-0.15, -0.1) is 0 Å². The Morgan fingerprint density at radius 2 is 2.00 bits per heavy atom. The number of anilines is 2. The van der Waals surface area contributed by atoms with E-state index in [4.69, 9.17) is 15.2 Å². The second-order valence-electron chi connectivity index (χ2n) is 6.19. The summed E-state index contributed by atoms with van der Waals surface area (Å²) in [5, 5.41) is 0. The Morgan fingerprint density at radius 1 is 1.17 bits per heavy atom. The quantitative estimate of drug-likeness (QED) is 0.614. The molecule has 0 bridgehead atoms. The van der Waals surface area contributed by atoms with Crippen LogP contribution < -0.4 is 20.1 Å². The zero-order valence-corrected chi connectivity index (χ0v) is 14.3. The third-order valence-corrected chi connectivity index (χ3v) is 4.33. The number of nitrogen functional groups attached to an aromatic ring is 1. The van der Waals surface area contributed by atoms with Crippen molar-refractivity contribution in [2.45, 2.75) is 32.3 Å². The highest BCUT2D eigenvalue weighted by molar-refractivity contribution is 5.66. The summed E-state index contributed by atoms with van der Waals surface area (Å²) >= 11 is 0. The minimum Gasteiger partial charge on any atom is -0.494 e. The van der Waals surface area contributed by atoms with E-state index in [9.17, 15) is 0 Å². The molecule has 0 aliphatic carbocycles. The van der Waals surface area contributed by atoms with Crippen LogP contribution in [0.25, 0.3) is 0 Å². The predicted octanol–water partition coefficient (Wildman–Crippen LogP) is 4.11. The Balaban J connectivity index is 1.52. The molecule has 0 saturated carbocycles. The van der Waals surface area contributed by atoms with Gasteiger partial charge in [-0.05, 0) is 49.6 Å². The lowest BCUT2D eigenvalue weighted by atomic mass is 10.1. The van der Waals surface area contributed by atoms with Gasteiger partial charge in [0.25, 0.3) is 0 Å². The number of ether oxygens (including phenoxy) is 2. The number of nitrogens with two attached hydrogens (primary N) is 1. The molecule has 1 atom stereocenters. The van der Waals surface area contributed by atoms with Crippen LogP contribution in [-0.2, 0) is 0 Å². The molecule has 3 rings (SSSR count). The lowest BCUT2D eigenvalue weighted by Gasteiger charge is -2.36. The van der Waals surface area contributed by atoms with Crippen LogP contribution in [0.4, 0.5) is 11.4 Å². The van der Waals surface area contributed by atoms with Crippen LogP contribution in [0.15, 0.2) is 48.5 Å². The van der Waals surface area contributed by atoms with Crippen LogP contribution in [0, 0.1) is 0 Å². The minimum atomic E-state index is 0.252. The number of fused-ring (bicyclic) bond motifs is 1. The first-order valence-corrected chi connectivity index (χ1v) is 8.75. The van der Waals surface area contributed by atoms with Crippen molar-refractivity contribution in [2.24, 2.45) is 0 Å². The van der Waals surface area contributed by atoms with Crippen molar-refractivity contribution < 1.29 is 9.47 Å². The van der Waals surface area contributed by atoms with E-state index in [-0.39, 0.29) is 6.10 Å². The predicted molar refractivity (Wildman–Crippen MR) is 98.9 cm³/mol. The Morgan fingerprint density at radius 3 is 2.79 bits per heavy atom. The first-order chi connectivity index (χ1) is 11.8. The molecule has 4 heteroatoms. The molecular formula is C20H26N2O2. The summed E-state index contributed by atoms with van der Waals surface area (Å²) in [6, 6.07) is 15.9. The third-order valence-electron chi connectivity index (χ3n) is 4.33. The van der Waals surface area contributed by atoms with Gasteiger partial charge in [0.2, 0.25) is 0 Å². The molecular weight excluding hydrogens is 300 g/mol. The van der Waals surface area contributed by atoms with Gasteiger partial charge in [-0.3, -0.25) is 0 Å². The summed E-state index contributed by atoms with van der Waals surface area (Å²) in [4.78, 5) is 2.39. The van der Waals surface area contributed by atoms with E-state index in [0.717, 1.165) is 61.8 Å². The molecule has 1 unspecified atom stereocenters. The van der Waals surface area contributed by atoms with E-state index >= 15 is 0 Å².